The Bertz CT molecular complexity index is 575. The summed E-state index contributed by atoms with van der Waals surface area (Å²) in [5.41, 5.74) is 3.66. The van der Waals surface area contributed by atoms with E-state index in [2.05, 4.69) is 39.5 Å². The number of para-hydroxylation sites is 1. The summed E-state index contributed by atoms with van der Waals surface area (Å²) in [4.78, 5) is 7.08. The van der Waals surface area contributed by atoms with E-state index in [-0.39, 0.29) is 0 Å². The summed E-state index contributed by atoms with van der Waals surface area (Å²) in [5.74, 6) is 0. The third-order valence-electron chi connectivity index (χ3n) is 3.69. The minimum absolute atomic E-state index is 0.765. The molecule has 0 unspecified atom stereocenters. The first-order chi connectivity index (χ1) is 8.43. The second-order valence-corrected chi connectivity index (χ2v) is 4.89. The average molecular weight is 225 g/mol. The first kappa shape index (κ1) is 9.28. The van der Waals surface area contributed by atoms with E-state index in [9.17, 15) is 0 Å². The molecule has 1 aromatic heterocycles. The van der Waals surface area contributed by atoms with Crippen LogP contribution in [-0.4, -0.2) is 24.1 Å². The van der Waals surface area contributed by atoms with Crippen molar-refractivity contribution < 1.29 is 0 Å². The summed E-state index contributed by atoms with van der Waals surface area (Å²) in [6.45, 7) is 2.15. The van der Waals surface area contributed by atoms with Crippen LogP contribution in [0.4, 0.5) is 11.4 Å². The minimum Gasteiger partial charge on any atom is -0.380 e. The number of hydrogen-bond acceptors (Lipinski definition) is 3. The molecular formula is C14H15N3. The predicted octanol–water partition coefficient (Wildman–Crippen LogP) is 2.63. The summed E-state index contributed by atoms with van der Waals surface area (Å²) in [7, 11) is 0. The fourth-order valence-electron chi connectivity index (χ4n) is 2.74. The highest BCUT2D eigenvalue weighted by Gasteiger charge is 2.33. The monoisotopic (exact) mass is 225 g/mol. The van der Waals surface area contributed by atoms with Gasteiger partial charge in [-0.1, -0.05) is 18.2 Å². The molecule has 0 spiro atoms. The number of nitrogens with one attached hydrogen (secondary N) is 1. The van der Waals surface area contributed by atoms with Gasteiger partial charge < -0.3 is 10.2 Å². The molecule has 86 valence electrons. The Morgan fingerprint density at radius 1 is 1.24 bits per heavy atom. The summed E-state index contributed by atoms with van der Waals surface area (Å²) >= 11 is 0. The number of hydrogen-bond donors (Lipinski definition) is 1. The number of pyridine rings is 1. The fourth-order valence-corrected chi connectivity index (χ4v) is 2.74. The van der Waals surface area contributed by atoms with Crippen molar-refractivity contribution in [2.75, 3.05) is 23.3 Å². The standard InChI is InChI=1S/C14H15N3/c1-2-4-12-11(3-1)14-13(9-16-12)15-7-8-17(14)10-5-6-10/h1-4,9-10,15H,5-8H2. The summed E-state index contributed by atoms with van der Waals surface area (Å²) in [5, 5.41) is 4.74. The van der Waals surface area contributed by atoms with Crippen molar-refractivity contribution in [2.24, 2.45) is 0 Å². The van der Waals surface area contributed by atoms with Gasteiger partial charge in [0.05, 0.1) is 23.1 Å². The molecule has 0 amide bonds. The molecule has 2 aliphatic rings. The van der Waals surface area contributed by atoms with Crippen LogP contribution in [-0.2, 0) is 0 Å². The Labute approximate surface area is 100 Å². The maximum atomic E-state index is 4.52. The van der Waals surface area contributed by atoms with Crippen molar-refractivity contribution in [2.45, 2.75) is 18.9 Å². The van der Waals surface area contributed by atoms with Gasteiger partial charge in [0.1, 0.15) is 0 Å². The smallest absolute Gasteiger partial charge is 0.0771 e. The van der Waals surface area contributed by atoms with Gasteiger partial charge in [0.15, 0.2) is 0 Å². The lowest BCUT2D eigenvalue weighted by Crippen LogP contribution is -2.35. The maximum Gasteiger partial charge on any atom is 0.0771 e. The predicted molar refractivity (Wildman–Crippen MR) is 70.6 cm³/mol. The molecule has 2 aromatic rings. The van der Waals surface area contributed by atoms with Crippen LogP contribution in [0.15, 0.2) is 30.5 Å². The van der Waals surface area contributed by atoms with Crippen LogP contribution in [0.5, 0.6) is 0 Å². The molecule has 1 saturated carbocycles. The lowest BCUT2D eigenvalue weighted by atomic mass is 10.1. The zero-order valence-electron chi connectivity index (χ0n) is 9.69. The van der Waals surface area contributed by atoms with Crippen LogP contribution in [0.25, 0.3) is 10.9 Å². The van der Waals surface area contributed by atoms with Crippen LogP contribution in [0.1, 0.15) is 12.8 Å². The van der Waals surface area contributed by atoms with Gasteiger partial charge in [-0.15, -0.1) is 0 Å². The second kappa shape index (κ2) is 3.36. The minimum atomic E-state index is 0.765. The summed E-state index contributed by atoms with van der Waals surface area (Å²) in [6.07, 6.45) is 4.67. The third kappa shape index (κ3) is 1.38. The molecule has 0 bridgehead atoms. The van der Waals surface area contributed by atoms with Crippen molar-refractivity contribution in [1.82, 2.24) is 4.98 Å². The van der Waals surface area contributed by atoms with E-state index in [1.54, 1.807) is 0 Å². The highest BCUT2D eigenvalue weighted by Crippen LogP contribution is 2.41. The van der Waals surface area contributed by atoms with Gasteiger partial charge in [0, 0.05) is 24.5 Å². The van der Waals surface area contributed by atoms with E-state index < -0.39 is 0 Å². The van der Waals surface area contributed by atoms with Crippen LogP contribution in [0, 0.1) is 0 Å². The van der Waals surface area contributed by atoms with E-state index in [4.69, 9.17) is 0 Å². The maximum absolute atomic E-state index is 4.52. The van der Waals surface area contributed by atoms with Crippen LogP contribution >= 0.6 is 0 Å². The lowest BCUT2D eigenvalue weighted by molar-refractivity contribution is 0.785. The Hall–Kier alpha value is -1.77. The number of nitrogens with zero attached hydrogens (tertiary/aromatic N) is 2. The Kier molecular flexibility index (Phi) is 1.83. The molecule has 1 aromatic carbocycles. The van der Waals surface area contributed by atoms with Crippen molar-refractivity contribution in [3.05, 3.63) is 30.5 Å². The molecule has 0 atom stereocenters. The molecule has 3 heteroatoms. The van der Waals surface area contributed by atoms with Crippen LogP contribution in [0.2, 0.25) is 0 Å². The molecule has 1 N–H and O–H groups in total. The molecular weight excluding hydrogens is 210 g/mol. The van der Waals surface area contributed by atoms with E-state index >= 15 is 0 Å². The zero-order chi connectivity index (χ0) is 11.2. The zero-order valence-corrected chi connectivity index (χ0v) is 9.69. The number of benzene rings is 1. The second-order valence-electron chi connectivity index (χ2n) is 4.89. The molecule has 1 aliphatic carbocycles. The Balaban J connectivity index is 1.99. The van der Waals surface area contributed by atoms with Crippen LogP contribution in [0.3, 0.4) is 0 Å². The molecule has 4 rings (SSSR count). The van der Waals surface area contributed by atoms with Crippen LogP contribution < -0.4 is 10.2 Å². The number of rotatable bonds is 1. The summed E-state index contributed by atoms with van der Waals surface area (Å²) < 4.78 is 0. The third-order valence-corrected chi connectivity index (χ3v) is 3.69. The van der Waals surface area contributed by atoms with Gasteiger partial charge in [0.25, 0.3) is 0 Å². The van der Waals surface area contributed by atoms with Gasteiger partial charge in [-0.25, -0.2) is 0 Å². The van der Waals surface area contributed by atoms with Gasteiger partial charge in [0.2, 0.25) is 0 Å². The number of anilines is 2. The van der Waals surface area contributed by atoms with Gasteiger partial charge in [-0.2, -0.15) is 0 Å². The average Bonchev–Trinajstić information content (AvgIpc) is 3.22. The highest BCUT2D eigenvalue weighted by molar-refractivity contribution is 5.99. The molecule has 1 aliphatic heterocycles. The van der Waals surface area contributed by atoms with E-state index in [1.165, 1.54) is 29.6 Å². The number of aromatic nitrogens is 1. The fraction of sp³-hybridized carbons (Fsp3) is 0.357. The van der Waals surface area contributed by atoms with Gasteiger partial charge >= 0.3 is 0 Å². The quantitative estimate of drug-likeness (QED) is 0.808. The molecule has 0 radical (unpaired) electrons. The van der Waals surface area contributed by atoms with E-state index in [1.807, 2.05) is 6.20 Å². The molecule has 0 saturated heterocycles. The first-order valence-corrected chi connectivity index (χ1v) is 6.32. The Morgan fingerprint density at radius 2 is 2.12 bits per heavy atom. The normalized spacial score (nSPS) is 18.9. The largest absolute Gasteiger partial charge is 0.380 e. The Morgan fingerprint density at radius 3 is 3.00 bits per heavy atom. The van der Waals surface area contributed by atoms with Crippen molar-refractivity contribution >= 4 is 22.3 Å². The van der Waals surface area contributed by atoms with Gasteiger partial charge in [-0.05, 0) is 18.9 Å². The topological polar surface area (TPSA) is 28.2 Å². The lowest BCUT2D eigenvalue weighted by Gasteiger charge is -2.33. The first-order valence-electron chi connectivity index (χ1n) is 6.32. The van der Waals surface area contributed by atoms with Crippen molar-refractivity contribution in [1.29, 1.82) is 0 Å². The molecule has 2 heterocycles. The van der Waals surface area contributed by atoms with E-state index in [0.717, 1.165) is 24.6 Å². The van der Waals surface area contributed by atoms with Gasteiger partial charge in [-0.3, -0.25) is 4.98 Å². The van der Waals surface area contributed by atoms with Crippen molar-refractivity contribution in [3.63, 3.8) is 0 Å². The number of fused-ring (bicyclic) bond motifs is 3. The molecule has 17 heavy (non-hydrogen) atoms. The molecule has 1 fully saturated rings. The SMILES string of the molecule is c1ccc2c3c(cnc2c1)NCCN3C1CC1. The molecule has 3 nitrogen and oxygen atoms in total. The highest BCUT2D eigenvalue weighted by atomic mass is 15.2. The van der Waals surface area contributed by atoms with Crippen molar-refractivity contribution in [3.8, 4) is 0 Å². The van der Waals surface area contributed by atoms with E-state index in [0.29, 0.717) is 0 Å². The summed E-state index contributed by atoms with van der Waals surface area (Å²) in [6, 6.07) is 9.20.